The first-order chi connectivity index (χ1) is 9.76. The summed E-state index contributed by atoms with van der Waals surface area (Å²) in [6.45, 7) is 4.51. The molecule has 1 heterocycles. The lowest BCUT2D eigenvalue weighted by Gasteiger charge is -2.41. The summed E-state index contributed by atoms with van der Waals surface area (Å²) in [4.78, 5) is 2.41. The Hall–Kier alpha value is -1.59. The first kappa shape index (κ1) is 14.8. The molecule has 2 unspecified atom stereocenters. The molecule has 1 aromatic rings. The van der Waals surface area contributed by atoms with Crippen molar-refractivity contribution in [2.24, 2.45) is 10.9 Å². The number of ether oxygens (including phenoxy) is 1. The summed E-state index contributed by atoms with van der Waals surface area (Å²) in [5.41, 5.74) is 6.94. The average molecular weight is 277 g/mol. The number of nitrogens with zero attached hydrogens (tertiary/aromatic N) is 2. The zero-order valence-electron chi connectivity index (χ0n) is 11.9. The molecule has 0 aliphatic carbocycles. The first-order valence-electron chi connectivity index (χ1n) is 7.11. The first-order valence-corrected chi connectivity index (χ1v) is 7.11. The van der Waals surface area contributed by atoms with E-state index in [-0.39, 0.29) is 11.9 Å². The van der Waals surface area contributed by atoms with Crippen LogP contribution in [0.2, 0.25) is 0 Å². The Morgan fingerprint density at radius 1 is 1.50 bits per heavy atom. The van der Waals surface area contributed by atoms with Crippen molar-refractivity contribution in [1.29, 1.82) is 0 Å². The van der Waals surface area contributed by atoms with Crippen LogP contribution in [0.1, 0.15) is 31.4 Å². The van der Waals surface area contributed by atoms with Crippen LogP contribution < -0.4 is 5.73 Å². The van der Waals surface area contributed by atoms with Gasteiger partial charge in [0.05, 0.1) is 13.2 Å². The molecule has 5 nitrogen and oxygen atoms in total. The minimum atomic E-state index is 0.126. The van der Waals surface area contributed by atoms with E-state index in [0.29, 0.717) is 12.5 Å². The van der Waals surface area contributed by atoms with Gasteiger partial charge in [0, 0.05) is 25.0 Å². The normalized spacial score (nSPS) is 22.6. The number of hydrogen-bond acceptors (Lipinski definition) is 4. The topological polar surface area (TPSA) is 71.1 Å². The van der Waals surface area contributed by atoms with Crippen molar-refractivity contribution in [2.75, 3.05) is 19.8 Å². The molecule has 20 heavy (non-hydrogen) atoms. The fraction of sp³-hybridized carbons (Fsp3) is 0.533. The van der Waals surface area contributed by atoms with Crippen molar-refractivity contribution in [1.82, 2.24) is 4.90 Å². The molecule has 1 fully saturated rings. The zero-order chi connectivity index (χ0) is 14.4. The monoisotopic (exact) mass is 277 g/mol. The van der Waals surface area contributed by atoms with Crippen LogP contribution in [0.4, 0.5) is 0 Å². The molecule has 0 spiro atoms. The highest BCUT2D eigenvalue weighted by Crippen LogP contribution is 2.28. The van der Waals surface area contributed by atoms with Gasteiger partial charge in [-0.3, -0.25) is 4.90 Å². The van der Waals surface area contributed by atoms with E-state index in [1.165, 1.54) is 5.56 Å². The summed E-state index contributed by atoms with van der Waals surface area (Å²) >= 11 is 0. The molecule has 0 radical (unpaired) electrons. The van der Waals surface area contributed by atoms with Gasteiger partial charge in [0.15, 0.2) is 0 Å². The third-order valence-electron chi connectivity index (χ3n) is 3.86. The fourth-order valence-electron chi connectivity index (χ4n) is 2.77. The number of morpholine rings is 1. The molecule has 5 heteroatoms. The van der Waals surface area contributed by atoms with Crippen LogP contribution in [0.3, 0.4) is 0 Å². The fourth-order valence-corrected chi connectivity index (χ4v) is 2.77. The maximum Gasteiger partial charge on any atom is 0.141 e. The van der Waals surface area contributed by atoms with Crippen LogP contribution in [-0.2, 0) is 4.74 Å². The van der Waals surface area contributed by atoms with Crippen LogP contribution in [-0.4, -0.2) is 41.7 Å². The van der Waals surface area contributed by atoms with Gasteiger partial charge in [-0.25, -0.2) is 0 Å². The Morgan fingerprint density at radius 2 is 2.25 bits per heavy atom. The summed E-state index contributed by atoms with van der Waals surface area (Å²) in [6, 6.07) is 10.7. The van der Waals surface area contributed by atoms with E-state index >= 15 is 0 Å². The van der Waals surface area contributed by atoms with Crippen LogP contribution in [0, 0.1) is 0 Å². The van der Waals surface area contributed by atoms with Crippen molar-refractivity contribution in [3.05, 3.63) is 35.9 Å². The van der Waals surface area contributed by atoms with Gasteiger partial charge in [-0.15, -0.1) is 0 Å². The van der Waals surface area contributed by atoms with Gasteiger partial charge >= 0.3 is 0 Å². The predicted octanol–water partition coefficient (Wildman–Crippen LogP) is 1.97. The molecular formula is C15H23N3O2. The lowest BCUT2D eigenvalue weighted by atomic mass is 9.98. The second kappa shape index (κ2) is 7.26. The van der Waals surface area contributed by atoms with E-state index in [0.717, 1.165) is 26.2 Å². The summed E-state index contributed by atoms with van der Waals surface area (Å²) in [5.74, 6) is 0.264. The molecule has 0 saturated carbocycles. The van der Waals surface area contributed by atoms with Gasteiger partial charge in [0.2, 0.25) is 0 Å². The molecule has 1 aliphatic heterocycles. The van der Waals surface area contributed by atoms with Gasteiger partial charge in [0.25, 0.3) is 0 Å². The van der Waals surface area contributed by atoms with Crippen LogP contribution in [0.15, 0.2) is 35.5 Å². The molecule has 3 N–H and O–H groups in total. The average Bonchev–Trinajstić information content (AvgIpc) is 2.53. The lowest BCUT2D eigenvalue weighted by molar-refractivity contribution is -0.0296. The van der Waals surface area contributed by atoms with E-state index in [1.54, 1.807) is 0 Å². The minimum absolute atomic E-state index is 0.126. The number of hydrogen-bond donors (Lipinski definition) is 2. The Balaban J connectivity index is 2.25. The standard InChI is InChI=1S/C15H23N3O2/c1-2-13-11-20-9-8-18(13)14(10-15(16)17-19)12-6-4-3-5-7-12/h3-7,13-14,19H,2,8-11H2,1H3,(H2,16,17). The van der Waals surface area contributed by atoms with Crippen molar-refractivity contribution >= 4 is 5.84 Å². The van der Waals surface area contributed by atoms with Gasteiger partial charge in [-0.05, 0) is 12.0 Å². The SMILES string of the molecule is CCC1COCCN1C(CC(N)=NO)c1ccccc1. The number of oxime groups is 1. The molecular weight excluding hydrogens is 254 g/mol. The summed E-state index contributed by atoms with van der Waals surface area (Å²) in [7, 11) is 0. The summed E-state index contributed by atoms with van der Waals surface area (Å²) in [6.07, 6.45) is 1.55. The molecule has 2 atom stereocenters. The second-order valence-corrected chi connectivity index (χ2v) is 5.10. The second-order valence-electron chi connectivity index (χ2n) is 5.10. The Kier molecular flexibility index (Phi) is 5.38. The van der Waals surface area contributed by atoms with Crippen molar-refractivity contribution in [2.45, 2.75) is 31.8 Å². The smallest absolute Gasteiger partial charge is 0.141 e. The van der Waals surface area contributed by atoms with Crippen molar-refractivity contribution < 1.29 is 9.94 Å². The maximum absolute atomic E-state index is 8.87. The van der Waals surface area contributed by atoms with E-state index < -0.39 is 0 Å². The molecule has 0 aromatic heterocycles. The number of nitrogens with two attached hydrogens (primary N) is 1. The number of amidine groups is 1. The Labute approximate surface area is 120 Å². The van der Waals surface area contributed by atoms with Crippen molar-refractivity contribution in [3.8, 4) is 0 Å². The highest BCUT2D eigenvalue weighted by molar-refractivity contribution is 5.80. The largest absolute Gasteiger partial charge is 0.409 e. The number of benzene rings is 1. The Morgan fingerprint density at radius 3 is 2.90 bits per heavy atom. The van der Waals surface area contributed by atoms with Crippen LogP contribution in [0.25, 0.3) is 0 Å². The van der Waals surface area contributed by atoms with E-state index in [2.05, 4.69) is 29.1 Å². The highest BCUT2D eigenvalue weighted by Gasteiger charge is 2.29. The summed E-state index contributed by atoms with van der Waals surface area (Å²) in [5, 5.41) is 12.0. The third-order valence-corrected chi connectivity index (χ3v) is 3.86. The number of rotatable bonds is 5. The molecule has 0 bridgehead atoms. The zero-order valence-corrected chi connectivity index (χ0v) is 11.9. The molecule has 0 amide bonds. The van der Waals surface area contributed by atoms with Gasteiger partial charge in [0.1, 0.15) is 5.84 Å². The predicted molar refractivity (Wildman–Crippen MR) is 78.8 cm³/mol. The molecule has 1 aromatic carbocycles. The lowest BCUT2D eigenvalue weighted by Crippen LogP contribution is -2.47. The van der Waals surface area contributed by atoms with Gasteiger partial charge in [-0.2, -0.15) is 0 Å². The van der Waals surface area contributed by atoms with Crippen LogP contribution in [0.5, 0.6) is 0 Å². The van der Waals surface area contributed by atoms with E-state index in [9.17, 15) is 0 Å². The Bertz CT molecular complexity index is 436. The summed E-state index contributed by atoms with van der Waals surface area (Å²) < 4.78 is 5.57. The quantitative estimate of drug-likeness (QED) is 0.373. The van der Waals surface area contributed by atoms with Gasteiger partial charge < -0.3 is 15.7 Å². The van der Waals surface area contributed by atoms with Gasteiger partial charge in [-0.1, -0.05) is 42.4 Å². The molecule has 1 aliphatic rings. The van der Waals surface area contributed by atoms with Crippen molar-refractivity contribution in [3.63, 3.8) is 0 Å². The molecule has 2 rings (SSSR count). The van der Waals surface area contributed by atoms with E-state index in [4.69, 9.17) is 15.7 Å². The minimum Gasteiger partial charge on any atom is -0.409 e. The maximum atomic E-state index is 8.87. The van der Waals surface area contributed by atoms with E-state index in [1.807, 2.05) is 18.2 Å². The third kappa shape index (κ3) is 3.49. The van der Waals surface area contributed by atoms with Crippen LogP contribution >= 0.6 is 0 Å². The molecule has 110 valence electrons. The highest BCUT2D eigenvalue weighted by atomic mass is 16.5. The molecule has 1 saturated heterocycles.